The molecule has 0 aliphatic carbocycles. The summed E-state index contributed by atoms with van der Waals surface area (Å²) in [7, 11) is 1.65. The fourth-order valence-electron chi connectivity index (χ4n) is 3.14. The zero-order chi connectivity index (χ0) is 17.4. The molecular formula is C19H21N3O3. The molecule has 0 saturated carbocycles. The van der Waals surface area contributed by atoms with E-state index in [1.54, 1.807) is 12.0 Å². The van der Waals surface area contributed by atoms with Gasteiger partial charge in [0.15, 0.2) is 5.69 Å². The first-order chi connectivity index (χ1) is 12.2. The van der Waals surface area contributed by atoms with Crippen LogP contribution in [0.25, 0.3) is 5.57 Å². The molecule has 4 rings (SSSR count). The van der Waals surface area contributed by atoms with Crippen LogP contribution in [0.2, 0.25) is 0 Å². The molecule has 0 unspecified atom stereocenters. The van der Waals surface area contributed by atoms with E-state index in [2.05, 4.69) is 16.4 Å². The number of aromatic nitrogens is 1. The first kappa shape index (κ1) is 15.9. The van der Waals surface area contributed by atoms with Crippen LogP contribution < -0.4 is 10.1 Å². The van der Waals surface area contributed by atoms with E-state index in [9.17, 15) is 4.79 Å². The van der Waals surface area contributed by atoms with Gasteiger partial charge in [-0.25, -0.2) is 4.98 Å². The third kappa shape index (κ3) is 2.93. The van der Waals surface area contributed by atoms with Crippen molar-refractivity contribution in [2.45, 2.75) is 12.8 Å². The average molecular weight is 339 g/mol. The lowest BCUT2D eigenvalue weighted by Gasteiger charge is -2.23. The summed E-state index contributed by atoms with van der Waals surface area (Å²) in [6.45, 7) is 4.68. The maximum absolute atomic E-state index is 12.8. The molecule has 1 fully saturated rings. The van der Waals surface area contributed by atoms with E-state index >= 15 is 0 Å². The topological polar surface area (TPSA) is 67.6 Å². The summed E-state index contributed by atoms with van der Waals surface area (Å²) in [5.41, 5.74) is 2.63. The molecule has 2 aliphatic heterocycles. The van der Waals surface area contributed by atoms with E-state index in [-0.39, 0.29) is 11.8 Å². The lowest BCUT2D eigenvalue weighted by atomic mass is 10.0. The van der Waals surface area contributed by atoms with Gasteiger partial charge in [0.1, 0.15) is 11.5 Å². The van der Waals surface area contributed by atoms with Crippen LogP contribution in [-0.2, 0) is 0 Å². The maximum atomic E-state index is 12.8. The summed E-state index contributed by atoms with van der Waals surface area (Å²) in [6, 6.07) is 7.89. The van der Waals surface area contributed by atoms with Crippen LogP contribution in [0.3, 0.4) is 0 Å². The monoisotopic (exact) mass is 339 g/mol. The van der Waals surface area contributed by atoms with E-state index in [0.717, 1.165) is 30.0 Å². The number of oxazole rings is 1. The summed E-state index contributed by atoms with van der Waals surface area (Å²) in [5.74, 6) is 2.29. The number of ether oxygens (including phenoxy) is 1. The van der Waals surface area contributed by atoms with Gasteiger partial charge in [0, 0.05) is 26.2 Å². The van der Waals surface area contributed by atoms with Crippen molar-refractivity contribution in [2.75, 3.05) is 33.3 Å². The zero-order valence-corrected chi connectivity index (χ0v) is 14.4. The molecule has 1 aromatic carbocycles. The molecule has 3 heterocycles. The Labute approximate surface area is 146 Å². The summed E-state index contributed by atoms with van der Waals surface area (Å²) in [6.07, 6.45) is 2.08. The molecule has 25 heavy (non-hydrogen) atoms. The molecule has 1 amide bonds. The second-order valence-corrected chi connectivity index (χ2v) is 6.46. The smallest absolute Gasteiger partial charge is 0.276 e. The van der Waals surface area contributed by atoms with Crippen LogP contribution in [0.4, 0.5) is 0 Å². The van der Waals surface area contributed by atoms with E-state index in [1.807, 2.05) is 31.2 Å². The average Bonchev–Trinajstić information content (AvgIpc) is 3.20. The second-order valence-electron chi connectivity index (χ2n) is 6.46. The van der Waals surface area contributed by atoms with Crippen molar-refractivity contribution in [1.29, 1.82) is 0 Å². The second kappa shape index (κ2) is 6.37. The number of rotatable bonds is 4. The highest BCUT2D eigenvalue weighted by molar-refractivity contribution is 5.95. The number of hydrogen-bond donors (Lipinski definition) is 1. The number of benzene rings is 1. The van der Waals surface area contributed by atoms with Crippen molar-refractivity contribution < 1.29 is 13.9 Å². The largest absolute Gasteiger partial charge is 0.497 e. The number of methoxy groups -OCH3 is 1. The van der Waals surface area contributed by atoms with Gasteiger partial charge in [0.2, 0.25) is 5.89 Å². The molecule has 0 radical (unpaired) electrons. The van der Waals surface area contributed by atoms with E-state index < -0.39 is 0 Å². The van der Waals surface area contributed by atoms with Gasteiger partial charge in [-0.15, -0.1) is 0 Å². The van der Waals surface area contributed by atoms with Crippen molar-refractivity contribution in [3.05, 3.63) is 53.2 Å². The highest BCUT2D eigenvalue weighted by Gasteiger charge is 2.30. The van der Waals surface area contributed by atoms with Crippen LogP contribution in [0.1, 0.15) is 33.6 Å². The number of aryl methyl sites for hydroxylation is 1. The van der Waals surface area contributed by atoms with E-state index in [0.29, 0.717) is 30.4 Å². The molecule has 6 nitrogen and oxygen atoms in total. The van der Waals surface area contributed by atoms with Gasteiger partial charge in [-0.05, 0) is 30.2 Å². The Kier molecular flexibility index (Phi) is 4.05. The fraction of sp³-hybridized carbons (Fsp3) is 0.368. The Hall–Kier alpha value is -2.60. The van der Waals surface area contributed by atoms with Crippen molar-refractivity contribution in [1.82, 2.24) is 15.2 Å². The van der Waals surface area contributed by atoms with Gasteiger partial charge >= 0.3 is 0 Å². The highest BCUT2D eigenvalue weighted by Crippen LogP contribution is 2.27. The Morgan fingerprint density at radius 2 is 2.24 bits per heavy atom. The van der Waals surface area contributed by atoms with Gasteiger partial charge in [-0.1, -0.05) is 18.2 Å². The lowest BCUT2D eigenvalue weighted by molar-refractivity contribution is 0.0794. The Balaban J connectivity index is 1.48. The molecule has 0 atom stereocenters. The SMILES string of the molecule is COc1cccc(C2=CCN(C(=O)c3nc(C4CNC4)oc3C)C2)c1. The Morgan fingerprint density at radius 1 is 1.40 bits per heavy atom. The van der Waals surface area contributed by atoms with Crippen LogP contribution >= 0.6 is 0 Å². The molecule has 2 aromatic rings. The van der Waals surface area contributed by atoms with E-state index in [4.69, 9.17) is 9.15 Å². The minimum absolute atomic E-state index is 0.0751. The Morgan fingerprint density at radius 3 is 2.96 bits per heavy atom. The predicted octanol–water partition coefficient (Wildman–Crippen LogP) is 2.22. The summed E-state index contributed by atoms with van der Waals surface area (Å²) < 4.78 is 11.0. The number of nitrogens with one attached hydrogen (secondary N) is 1. The standard InChI is InChI=1S/C19H21N3O3/c1-12-17(21-18(25-12)15-9-20-10-15)19(23)22-7-6-14(11-22)13-4-3-5-16(8-13)24-2/h3-6,8,15,20H,7,9-11H2,1-2H3. The van der Waals surface area contributed by atoms with Crippen molar-refractivity contribution in [2.24, 2.45) is 0 Å². The first-order valence-electron chi connectivity index (χ1n) is 8.46. The summed E-state index contributed by atoms with van der Waals surface area (Å²) in [5, 5.41) is 3.19. The molecular weight excluding hydrogens is 318 g/mol. The van der Waals surface area contributed by atoms with Crippen molar-refractivity contribution >= 4 is 11.5 Å². The number of nitrogens with zero attached hydrogens (tertiary/aromatic N) is 2. The Bertz CT molecular complexity index is 836. The third-order valence-corrected chi connectivity index (χ3v) is 4.79. The fourth-order valence-corrected chi connectivity index (χ4v) is 3.14. The number of hydrogen-bond acceptors (Lipinski definition) is 5. The van der Waals surface area contributed by atoms with Gasteiger partial charge in [-0.3, -0.25) is 4.79 Å². The minimum Gasteiger partial charge on any atom is -0.497 e. The highest BCUT2D eigenvalue weighted by atomic mass is 16.5. The molecule has 0 bridgehead atoms. The van der Waals surface area contributed by atoms with Crippen LogP contribution in [0, 0.1) is 6.92 Å². The molecule has 1 aromatic heterocycles. The molecule has 6 heteroatoms. The third-order valence-electron chi connectivity index (χ3n) is 4.79. The molecule has 1 saturated heterocycles. The lowest BCUT2D eigenvalue weighted by Crippen LogP contribution is -2.40. The molecule has 130 valence electrons. The number of carbonyl (C=O) groups excluding carboxylic acids is 1. The van der Waals surface area contributed by atoms with Gasteiger partial charge < -0.3 is 19.4 Å². The number of carbonyl (C=O) groups is 1. The number of amides is 1. The quantitative estimate of drug-likeness (QED) is 0.925. The predicted molar refractivity (Wildman–Crippen MR) is 93.7 cm³/mol. The molecule has 0 spiro atoms. The summed E-state index contributed by atoms with van der Waals surface area (Å²) >= 11 is 0. The van der Waals surface area contributed by atoms with Crippen LogP contribution in [0.5, 0.6) is 5.75 Å². The zero-order valence-electron chi connectivity index (χ0n) is 14.4. The van der Waals surface area contributed by atoms with Gasteiger partial charge in [0.05, 0.1) is 13.0 Å². The molecule has 1 N–H and O–H groups in total. The van der Waals surface area contributed by atoms with Crippen molar-refractivity contribution in [3.8, 4) is 5.75 Å². The van der Waals surface area contributed by atoms with Crippen LogP contribution in [-0.4, -0.2) is 49.1 Å². The minimum atomic E-state index is -0.0751. The first-order valence-corrected chi connectivity index (χ1v) is 8.46. The van der Waals surface area contributed by atoms with E-state index in [1.165, 1.54) is 0 Å². The van der Waals surface area contributed by atoms with Gasteiger partial charge in [-0.2, -0.15) is 0 Å². The van der Waals surface area contributed by atoms with Gasteiger partial charge in [0.25, 0.3) is 5.91 Å². The summed E-state index contributed by atoms with van der Waals surface area (Å²) in [4.78, 5) is 19.1. The van der Waals surface area contributed by atoms with Crippen LogP contribution in [0.15, 0.2) is 34.8 Å². The molecule has 2 aliphatic rings. The van der Waals surface area contributed by atoms with Crippen molar-refractivity contribution in [3.63, 3.8) is 0 Å². The maximum Gasteiger partial charge on any atom is 0.276 e. The normalized spacial score (nSPS) is 17.4.